The van der Waals surface area contributed by atoms with Crippen molar-refractivity contribution in [2.45, 2.75) is 32.2 Å². The van der Waals surface area contributed by atoms with Gasteiger partial charge in [-0.2, -0.15) is 0 Å². The lowest BCUT2D eigenvalue weighted by molar-refractivity contribution is -0.143. The van der Waals surface area contributed by atoms with E-state index in [1.807, 2.05) is 18.3 Å². The largest absolute Gasteiger partial charge is 0.481 e. The maximum atomic E-state index is 11.0. The molecule has 0 saturated heterocycles. The van der Waals surface area contributed by atoms with Gasteiger partial charge in [-0.1, -0.05) is 11.6 Å². The Kier molecular flexibility index (Phi) is 3.66. The second-order valence-corrected chi connectivity index (χ2v) is 6.02. The lowest BCUT2D eigenvalue weighted by atomic mass is 9.82. The third-order valence-electron chi connectivity index (χ3n) is 4.24. The van der Waals surface area contributed by atoms with Crippen molar-refractivity contribution < 1.29 is 9.90 Å². The number of halogens is 1. The van der Waals surface area contributed by atoms with Crippen molar-refractivity contribution in [1.82, 2.24) is 9.55 Å². The smallest absolute Gasteiger partial charge is 0.306 e. The average Bonchev–Trinajstić information content (AvgIpc) is 2.82. The molecular weight excluding hydrogens is 276 g/mol. The zero-order valence-electron chi connectivity index (χ0n) is 11.1. The van der Waals surface area contributed by atoms with E-state index in [1.54, 1.807) is 6.20 Å². The molecule has 0 spiro atoms. The number of aromatic nitrogens is 2. The summed E-state index contributed by atoms with van der Waals surface area (Å²) < 4.78 is 2.18. The predicted octanol–water partition coefficient (Wildman–Crippen LogP) is 3.58. The highest BCUT2D eigenvalue weighted by Crippen LogP contribution is 2.31. The molecule has 1 aliphatic carbocycles. The summed E-state index contributed by atoms with van der Waals surface area (Å²) >= 11 is 6.00. The van der Waals surface area contributed by atoms with E-state index in [1.165, 1.54) is 0 Å². The minimum absolute atomic E-state index is 0.149. The number of aliphatic carboxylic acids is 1. The second kappa shape index (κ2) is 5.44. The van der Waals surface area contributed by atoms with Crippen molar-refractivity contribution in [2.75, 3.05) is 0 Å². The summed E-state index contributed by atoms with van der Waals surface area (Å²) in [6.07, 6.45) is 7.23. The fourth-order valence-electron chi connectivity index (χ4n) is 3.07. The first-order valence-corrected chi connectivity index (χ1v) is 7.34. The van der Waals surface area contributed by atoms with Crippen molar-refractivity contribution in [2.24, 2.45) is 11.8 Å². The number of nitrogens with zero attached hydrogens (tertiary/aromatic N) is 2. The number of carboxylic acids is 1. The topological polar surface area (TPSA) is 55.1 Å². The number of hydrogen-bond acceptors (Lipinski definition) is 2. The van der Waals surface area contributed by atoms with E-state index in [0.29, 0.717) is 10.9 Å². The van der Waals surface area contributed by atoms with Crippen LogP contribution in [0.15, 0.2) is 24.5 Å². The first kappa shape index (κ1) is 13.4. The predicted molar refractivity (Wildman–Crippen MR) is 77.8 cm³/mol. The Balaban J connectivity index is 1.71. The van der Waals surface area contributed by atoms with Gasteiger partial charge >= 0.3 is 5.97 Å². The van der Waals surface area contributed by atoms with E-state index in [4.69, 9.17) is 16.7 Å². The number of fused-ring (bicyclic) bond motifs is 1. The first-order chi connectivity index (χ1) is 9.63. The van der Waals surface area contributed by atoms with Gasteiger partial charge in [0.05, 0.1) is 22.0 Å². The van der Waals surface area contributed by atoms with E-state index in [2.05, 4.69) is 9.55 Å². The van der Waals surface area contributed by atoms with Crippen LogP contribution in [-0.4, -0.2) is 20.6 Å². The van der Waals surface area contributed by atoms with Crippen LogP contribution in [0.4, 0.5) is 0 Å². The maximum Gasteiger partial charge on any atom is 0.306 e. The van der Waals surface area contributed by atoms with Gasteiger partial charge in [0.15, 0.2) is 0 Å². The summed E-state index contributed by atoms with van der Waals surface area (Å²) in [5.74, 6) is -0.255. The quantitative estimate of drug-likeness (QED) is 0.941. The Bertz CT molecular complexity index is 630. The van der Waals surface area contributed by atoms with E-state index in [-0.39, 0.29) is 5.92 Å². The van der Waals surface area contributed by atoms with Crippen molar-refractivity contribution in [3.63, 3.8) is 0 Å². The van der Waals surface area contributed by atoms with E-state index in [9.17, 15) is 4.79 Å². The highest BCUT2D eigenvalue weighted by atomic mass is 35.5. The standard InChI is InChI=1S/C15H17ClN2O2/c16-12-7-14-13(17-8-12)5-6-18(14)9-10-1-3-11(4-2-10)15(19)20/h5-8,10-11H,1-4,9H2,(H,19,20). The molecule has 0 unspecified atom stereocenters. The van der Waals surface area contributed by atoms with Crippen molar-refractivity contribution in [3.8, 4) is 0 Å². The van der Waals surface area contributed by atoms with Gasteiger partial charge in [0, 0.05) is 18.9 Å². The number of pyridine rings is 1. The molecule has 0 bridgehead atoms. The Morgan fingerprint density at radius 2 is 2.15 bits per heavy atom. The summed E-state index contributed by atoms with van der Waals surface area (Å²) in [7, 11) is 0. The Morgan fingerprint density at radius 1 is 1.40 bits per heavy atom. The van der Waals surface area contributed by atoms with Gasteiger partial charge in [-0.05, 0) is 43.7 Å². The molecule has 1 fully saturated rings. The third-order valence-corrected chi connectivity index (χ3v) is 4.44. The van der Waals surface area contributed by atoms with Crippen LogP contribution < -0.4 is 0 Å². The number of carbonyl (C=O) groups is 1. The van der Waals surface area contributed by atoms with Crippen LogP contribution >= 0.6 is 11.6 Å². The SMILES string of the molecule is O=C(O)C1CCC(Cn2ccc3ncc(Cl)cc32)CC1. The summed E-state index contributed by atoms with van der Waals surface area (Å²) in [5.41, 5.74) is 2.01. The zero-order valence-corrected chi connectivity index (χ0v) is 11.9. The molecule has 1 saturated carbocycles. The molecule has 4 nitrogen and oxygen atoms in total. The molecule has 0 amide bonds. The molecule has 2 aromatic rings. The van der Waals surface area contributed by atoms with Gasteiger partial charge in [0.1, 0.15) is 0 Å². The van der Waals surface area contributed by atoms with Gasteiger partial charge in [-0.3, -0.25) is 9.78 Å². The molecule has 1 aliphatic rings. The van der Waals surface area contributed by atoms with Gasteiger partial charge < -0.3 is 9.67 Å². The van der Waals surface area contributed by atoms with E-state index >= 15 is 0 Å². The number of hydrogen-bond donors (Lipinski definition) is 1. The fraction of sp³-hybridized carbons (Fsp3) is 0.467. The second-order valence-electron chi connectivity index (χ2n) is 5.58. The van der Waals surface area contributed by atoms with Crippen LogP contribution in [0.1, 0.15) is 25.7 Å². The summed E-state index contributed by atoms with van der Waals surface area (Å²) in [6.45, 7) is 0.915. The Labute approximate surface area is 122 Å². The van der Waals surface area contributed by atoms with Crippen molar-refractivity contribution >= 4 is 28.6 Å². The van der Waals surface area contributed by atoms with E-state index in [0.717, 1.165) is 43.3 Å². The molecule has 0 radical (unpaired) electrons. The molecule has 2 heterocycles. The minimum atomic E-state index is -0.647. The van der Waals surface area contributed by atoms with E-state index < -0.39 is 5.97 Å². The van der Waals surface area contributed by atoms with Crippen molar-refractivity contribution in [3.05, 3.63) is 29.5 Å². The van der Waals surface area contributed by atoms with Crippen LogP contribution in [0.2, 0.25) is 5.02 Å². The van der Waals surface area contributed by atoms with Crippen molar-refractivity contribution in [1.29, 1.82) is 0 Å². The molecule has 2 aromatic heterocycles. The maximum absolute atomic E-state index is 11.0. The number of rotatable bonds is 3. The van der Waals surface area contributed by atoms with Gasteiger partial charge in [0.2, 0.25) is 0 Å². The van der Waals surface area contributed by atoms with Crippen LogP contribution in [-0.2, 0) is 11.3 Å². The molecule has 0 aliphatic heterocycles. The average molecular weight is 293 g/mol. The molecule has 20 heavy (non-hydrogen) atoms. The van der Waals surface area contributed by atoms with Gasteiger partial charge in [0.25, 0.3) is 0 Å². The highest BCUT2D eigenvalue weighted by molar-refractivity contribution is 6.31. The molecular formula is C15H17ClN2O2. The van der Waals surface area contributed by atoms with Gasteiger partial charge in [-0.25, -0.2) is 0 Å². The van der Waals surface area contributed by atoms with Crippen LogP contribution in [0, 0.1) is 11.8 Å². The summed E-state index contributed by atoms with van der Waals surface area (Å²) in [4.78, 5) is 15.3. The minimum Gasteiger partial charge on any atom is -0.481 e. The fourth-order valence-corrected chi connectivity index (χ4v) is 3.22. The third kappa shape index (κ3) is 2.66. The lowest BCUT2D eigenvalue weighted by Gasteiger charge is -2.26. The molecule has 3 rings (SSSR count). The summed E-state index contributed by atoms with van der Waals surface area (Å²) in [5, 5.41) is 9.67. The molecule has 1 N–H and O–H groups in total. The molecule has 0 aromatic carbocycles. The molecule has 0 atom stereocenters. The summed E-state index contributed by atoms with van der Waals surface area (Å²) in [6, 6.07) is 3.93. The monoisotopic (exact) mass is 292 g/mol. The highest BCUT2D eigenvalue weighted by Gasteiger charge is 2.26. The Morgan fingerprint density at radius 3 is 2.85 bits per heavy atom. The van der Waals surface area contributed by atoms with Crippen LogP contribution in [0.3, 0.4) is 0 Å². The normalized spacial score (nSPS) is 23.1. The number of carboxylic acid groups (broad SMARTS) is 1. The molecule has 106 valence electrons. The van der Waals surface area contributed by atoms with Crippen LogP contribution in [0.5, 0.6) is 0 Å². The Hall–Kier alpha value is -1.55. The van der Waals surface area contributed by atoms with Gasteiger partial charge in [-0.15, -0.1) is 0 Å². The zero-order chi connectivity index (χ0) is 14.1. The first-order valence-electron chi connectivity index (χ1n) is 6.96. The molecule has 5 heteroatoms. The lowest BCUT2D eigenvalue weighted by Crippen LogP contribution is -2.23. The van der Waals surface area contributed by atoms with Crippen LogP contribution in [0.25, 0.3) is 11.0 Å².